The van der Waals surface area contributed by atoms with Crippen molar-refractivity contribution >= 4 is 23.3 Å². The summed E-state index contributed by atoms with van der Waals surface area (Å²) >= 11 is 5.81. The van der Waals surface area contributed by atoms with E-state index in [0.717, 1.165) is 0 Å². The van der Waals surface area contributed by atoms with Gasteiger partial charge in [-0.2, -0.15) is 0 Å². The van der Waals surface area contributed by atoms with Gasteiger partial charge in [-0.05, 0) is 35.7 Å². The fourth-order valence-corrected chi connectivity index (χ4v) is 2.41. The van der Waals surface area contributed by atoms with E-state index >= 15 is 0 Å². The van der Waals surface area contributed by atoms with Crippen molar-refractivity contribution in [1.82, 2.24) is 0 Å². The standard InChI is InChI=1S/C16H14ClNO5/c1-23-15-7-2-10(9-14(15)18(21)22)8-13(16(19)20)11-3-5-12(17)6-4-11/h2-7,9,13H,8H2,1H3,(H,19,20). The van der Waals surface area contributed by atoms with Gasteiger partial charge in [0.15, 0.2) is 5.75 Å². The molecular formula is C16H14ClNO5. The van der Waals surface area contributed by atoms with E-state index in [2.05, 4.69) is 0 Å². The van der Waals surface area contributed by atoms with Gasteiger partial charge in [-0.25, -0.2) is 0 Å². The number of carboxylic acids is 1. The van der Waals surface area contributed by atoms with Crippen molar-refractivity contribution < 1.29 is 19.6 Å². The van der Waals surface area contributed by atoms with Gasteiger partial charge in [0, 0.05) is 11.1 Å². The molecule has 2 rings (SSSR count). The Hall–Kier alpha value is -2.60. The molecule has 2 aromatic rings. The van der Waals surface area contributed by atoms with Crippen molar-refractivity contribution in [3.8, 4) is 5.75 Å². The van der Waals surface area contributed by atoms with E-state index in [1.54, 1.807) is 30.3 Å². The zero-order chi connectivity index (χ0) is 17.0. The largest absolute Gasteiger partial charge is 0.490 e. The Morgan fingerprint density at radius 3 is 2.48 bits per heavy atom. The first-order chi connectivity index (χ1) is 10.9. The maximum absolute atomic E-state index is 11.5. The van der Waals surface area contributed by atoms with Gasteiger partial charge in [0.25, 0.3) is 0 Å². The molecule has 0 saturated carbocycles. The highest BCUT2D eigenvalue weighted by Crippen LogP contribution is 2.30. The Bertz CT molecular complexity index is 730. The Morgan fingerprint density at radius 2 is 1.96 bits per heavy atom. The van der Waals surface area contributed by atoms with Crippen LogP contribution in [-0.4, -0.2) is 23.1 Å². The molecule has 1 N–H and O–H groups in total. The minimum Gasteiger partial charge on any atom is -0.490 e. The molecule has 2 aromatic carbocycles. The van der Waals surface area contributed by atoms with E-state index in [9.17, 15) is 20.0 Å². The zero-order valence-corrected chi connectivity index (χ0v) is 13.0. The van der Waals surface area contributed by atoms with Crippen molar-refractivity contribution in [3.05, 3.63) is 68.7 Å². The number of nitro benzene ring substituents is 1. The molecular weight excluding hydrogens is 322 g/mol. The van der Waals surface area contributed by atoms with E-state index < -0.39 is 16.8 Å². The Morgan fingerprint density at radius 1 is 1.30 bits per heavy atom. The van der Waals surface area contributed by atoms with Gasteiger partial charge in [-0.1, -0.05) is 29.8 Å². The third-order valence-corrected chi connectivity index (χ3v) is 3.70. The molecule has 0 spiro atoms. The molecule has 0 saturated heterocycles. The van der Waals surface area contributed by atoms with Gasteiger partial charge < -0.3 is 9.84 Å². The van der Waals surface area contributed by atoms with Gasteiger partial charge >= 0.3 is 11.7 Å². The van der Waals surface area contributed by atoms with E-state index in [1.807, 2.05) is 0 Å². The normalized spacial score (nSPS) is 11.7. The van der Waals surface area contributed by atoms with Crippen molar-refractivity contribution in [3.63, 3.8) is 0 Å². The first-order valence-corrected chi connectivity index (χ1v) is 7.09. The average molecular weight is 336 g/mol. The lowest BCUT2D eigenvalue weighted by atomic mass is 9.92. The van der Waals surface area contributed by atoms with Crippen LogP contribution < -0.4 is 4.74 Å². The Balaban J connectivity index is 2.34. The van der Waals surface area contributed by atoms with Crippen LogP contribution >= 0.6 is 11.6 Å². The molecule has 120 valence electrons. The maximum Gasteiger partial charge on any atom is 0.311 e. The number of halogens is 1. The van der Waals surface area contributed by atoms with Crippen LogP contribution in [0.2, 0.25) is 5.02 Å². The molecule has 23 heavy (non-hydrogen) atoms. The summed E-state index contributed by atoms with van der Waals surface area (Å²) in [5.41, 5.74) is 0.936. The van der Waals surface area contributed by atoms with Crippen LogP contribution in [0.15, 0.2) is 42.5 Å². The minimum atomic E-state index is -1.01. The lowest BCUT2D eigenvalue weighted by Gasteiger charge is -2.13. The average Bonchev–Trinajstić information content (AvgIpc) is 2.53. The molecule has 0 aromatic heterocycles. The molecule has 1 unspecified atom stereocenters. The third kappa shape index (κ3) is 3.98. The van der Waals surface area contributed by atoms with Crippen molar-refractivity contribution in [2.75, 3.05) is 7.11 Å². The van der Waals surface area contributed by atoms with Crippen LogP contribution in [0.4, 0.5) is 5.69 Å². The van der Waals surface area contributed by atoms with Crippen LogP contribution in [0.5, 0.6) is 5.75 Å². The van der Waals surface area contributed by atoms with Gasteiger partial charge in [0.1, 0.15) is 0 Å². The van der Waals surface area contributed by atoms with E-state index in [0.29, 0.717) is 16.1 Å². The number of methoxy groups -OCH3 is 1. The Kier molecular flexibility index (Phi) is 5.18. The van der Waals surface area contributed by atoms with Crippen LogP contribution in [-0.2, 0) is 11.2 Å². The molecule has 0 aliphatic heterocycles. The molecule has 0 amide bonds. The first kappa shape index (κ1) is 16.8. The number of aliphatic carboxylic acids is 1. The molecule has 0 aliphatic carbocycles. The number of nitrogens with zero attached hydrogens (tertiary/aromatic N) is 1. The molecule has 0 fully saturated rings. The number of rotatable bonds is 6. The number of nitro groups is 1. The number of carboxylic acid groups (broad SMARTS) is 1. The van der Waals surface area contributed by atoms with Crippen molar-refractivity contribution in [2.24, 2.45) is 0 Å². The summed E-state index contributed by atoms with van der Waals surface area (Å²) in [6, 6.07) is 10.9. The van der Waals surface area contributed by atoms with Crippen LogP contribution in [0.25, 0.3) is 0 Å². The summed E-state index contributed by atoms with van der Waals surface area (Å²) < 4.78 is 4.94. The summed E-state index contributed by atoms with van der Waals surface area (Å²) in [7, 11) is 1.34. The van der Waals surface area contributed by atoms with Gasteiger partial charge in [0.05, 0.1) is 18.0 Å². The zero-order valence-electron chi connectivity index (χ0n) is 12.2. The fraction of sp³-hybridized carbons (Fsp3) is 0.188. The van der Waals surface area contributed by atoms with E-state index in [1.165, 1.54) is 19.2 Å². The predicted octanol–water partition coefficient (Wildman–Crippen LogP) is 3.67. The Labute approximate surface area is 137 Å². The second-order valence-corrected chi connectivity index (χ2v) is 5.35. The monoisotopic (exact) mass is 335 g/mol. The second-order valence-electron chi connectivity index (χ2n) is 4.91. The summed E-state index contributed by atoms with van der Waals surface area (Å²) in [5, 5.41) is 21.0. The topological polar surface area (TPSA) is 89.7 Å². The highest BCUT2D eigenvalue weighted by molar-refractivity contribution is 6.30. The smallest absolute Gasteiger partial charge is 0.311 e. The SMILES string of the molecule is COc1ccc(CC(C(=O)O)c2ccc(Cl)cc2)cc1[N+](=O)[O-]. The number of hydrogen-bond acceptors (Lipinski definition) is 4. The van der Waals surface area contributed by atoms with E-state index in [4.69, 9.17) is 16.3 Å². The van der Waals surface area contributed by atoms with Gasteiger partial charge in [0.2, 0.25) is 0 Å². The number of benzene rings is 2. The van der Waals surface area contributed by atoms with Crippen LogP contribution in [0.3, 0.4) is 0 Å². The summed E-state index contributed by atoms with van der Waals surface area (Å²) in [5.74, 6) is -1.69. The molecule has 0 radical (unpaired) electrons. The fourth-order valence-electron chi connectivity index (χ4n) is 2.28. The lowest BCUT2D eigenvalue weighted by molar-refractivity contribution is -0.385. The maximum atomic E-state index is 11.5. The minimum absolute atomic E-state index is 0.127. The van der Waals surface area contributed by atoms with Gasteiger partial charge in [-0.3, -0.25) is 14.9 Å². The number of carbonyl (C=O) groups is 1. The quantitative estimate of drug-likeness (QED) is 0.642. The molecule has 0 aliphatic rings. The number of hydrogen-bond donors (Lipinski definition) is 1. The second kappa shape index (κ2) is 7.11. The van der Waals surface area contributed by atoms with Crippen LogP contribution in [0, 0.1) is 10.1 Å². The van der Waals surface area contributed by atoms with E-state index in [-0.39, 0.29) is 17.9 Å². The summed E-state index contributed by atoms with van der Waals surface area (Å²) in [6.45, 7) is 0. The highest BCUT2D eigenvalue weighted by atomic mass is 35.5. The highest BCUT2D eigenvalue weighted by Gasteiger charge is 2.22. The van der Waals surface area contributed by atoms with Crippen LogP contribution in [0.1, 0.15) is 17.0 Å². The number of ether oxygens (including phenoxy) is 1. The molecule has 7 heteroatoms. The first-order valence-electron chi connectivity index (χ1n) is 6.72. The molecule has 0 bridgehead atoms. The molecule has 0 heterocycles. The summed E-state index contributed by atoms with van der Waals surface area (Å²) in [4.78, 5) is 22.0. The van der Waals surface area contributed by atoms with Crippen molar-refractivity contribution in [2.45, 2.75) is 12.3 Å². The molecule has 1 atom stereocenters. The third-order valence-electron chi connectivity index (χ3n) is 3.45. The summed E-state index contributed by atoms with van der Waals surface area (Å²) in [6.07, 6.45) is 0.127. The lowest BCUT2D eigenvalue weighted by Crippen LogP contribution is -2.14. The molecule has 6 nitrogen and oxygen atoms in total. The predicted molar refractivity (Wildman–Crippen MR) is 85.2 cm³/mol. The van der Waals surface area contributed by atoms with Gasteiger partial charge in [-0.15, -0.1) is 0 Å². The van der Waals surface area contributed by atoms with Crippen molar-refractivity contribution in [1.29, 1.82) is 0 Å².